The van der Waals surface area contributed by atoms with E-state index in [9.17, 15) is 5.11 Å². The van der Waals surface area contributed by atoms with Gasteiger partial charge in [-0.15, -0.1) is 11.3 Å². The zero-order valence-corrected chi connectivity index (χ0v) is 12.0. The van der Waals surface area contributed by atoms with E-state index < -0.39 is 0 Å². The number of fused-ring (bicyclic) bond motifs is 1. The van der Waals surface area contributed by atoms with Gasteiger partial charge >= 0.3 is 0 Å². The molecule has 1 aromatic heterocycles. The van der Waals surface area contributed by atoms with Crippen molar-refractivity contribution in [3.8, 4) is 0 Å². The second kappa shape index (κ2) is 5.04. The molecule has 2 aromatic rings. The molecule has 0 radical (unpaired) electrons. The maximum absolute atomic E-state index is 10.2. The van der Waals surface area contributed by atoms with Crippen molar-refractivity contribution < 1.29 is 5.11 Å². The number of aromatic nitrogens is 1. The Kier molecular flexibility index (Phi) is 3.39. The smallest absolute Gasteiger partial charge is 0.0900 e. The van der Waals surface area contributed by atoms with Gasteiger partial charge in [0.1, 0.15) is 0 Å². The van der Waals surface area contributed by atoms with Crippen LogP contribution in [0.15, 0.2) is 24.3 Å². The summed E-state index contributed by atoms with van der Waals surface area (Å²) in [6.45, 7) is 4.84. The topological polar surface area (TPSA) is 45.2 Å². The molecule has 0 saturated heterocycles. The maximum atomic E-state index is 10.2. The van der Waals surface area contributed by atoms with Gasteiger partial charge < -0.3 is 10.4 Å². The fourth-order valence-electron chi connectivity index (χ4n) is 2.76. The predicted octanol–water partition coefficient (Wildman–Crippen LogP) is 2.51. The van der Waals surface area contributed by atoms with Crippen LogP contribution in [0.25, 0.3) is 0 Å². The SMILES string of the molecule is Cc1nc(C)c(CN[C@H]2c3ccccc3C[C@H]2O)s1. The fraction of sp³-hybridized carbons (Fsp3) is 0.400. The quantitative estimate of drug-likeness (QED) is 0.904. The maximum Gasteiger partial charge on any atom is 0.0900 e. The van der Waals surface area contributed by atoms with Crippen LogP contribution in [0.5, 0.6) is 0 Å². The van der Waals surface area contributed by atoms with Crippen molar-refractivity contribution in [3.63, 3.8) is 0 Å². The average molecular weight is 274 g/mol. The molecule has 0 fully saturated rings. The highest BCUT2D eigenvalue weighted by atomic mass is 32.1. The summed E-state index contributed by atoms with van der Waals surface area (Å²) in [6.07, 6.45) is 0.417. The molecule has 3 nitrogen and oxygen atoms in total. The molecule has 1 aromatic carbocycles. The van der Waals surface area contributed by atoms with E-state index in [0.29, 0.717) is 0 Å². The molecule has 3 rings (SSSR count). The Hall–Kier alpha value is -1.23. The van der Waals surface area contributed by atoms with E-state index in [1.807, 2.05) is 26.0 Å². The average Bonchev–Trinajstić information content (AvgIpc) is 2.86. The van der Waals surface area contributed by atoms with Gasteiger partial charge in [0.2, 0.25) is 0 Å². The number of hydrogen-bond donors (Lipinski definition) is 2. The first-order valence-corrected chi connectivity index (χ1v) is 7.39. The molecule has 1 heterocycles. The predicted molar refractivity (Wildman–Crippen MR) is 77.3 cm³/mol. The minimum atomic E-state index is -0.327. The highest BCUT2D eigenvalue weighted by molar-refractivity contribution is 7.11. The van der Waals surface area contributed by atoms with E-state index in [-0.39, 0.29) is 12.1 Å². The Morgan fingerprint density at radius 1 is 1.37 bits per heavy atom. The first kappa shape index (κ1) is 12.8. The van der Waals surface area contributed by atoms with Crippen LogP contribution in [0.2, 0.25) is 0 Å². The standard InChI is InChI=1S/C15H18N2OS/c1-9-14(19-10(2)17-9)8-16-15-12-6-4-3-5-11(12)7-13(15)18/h3-6,13,15-16,18H,7-8H2,1-2H3/t13-,15+/m1/s1. The van der Waals surface area contributed by atoms with Gasteiger partial charge in [-0.1, -0.05) is 24.3 Å². The van der Waals surface area contributed by atoms with Crippen molar-refractivity contribution >= 4 is 11.3 Å². The molecule has 0 saturated carbocycles. The van der Waals surface area contributed by atoms with Gasteiger partial charge in [0.05, 0.1) is 22.8 Å². The van der Waals surface area contributed by atoms with Crippen molar-refractivity contribution in [2.45, 2.75) is 39.0 Å². The number of hydrogen-bond acceptors (Lipinski definition) is 4. The summed E-state index contributed by atoms with van der Waals surface area (Å²) in [4.78, 5) is 5.69. The van der Waals surface area contributed by atoms with Gasteiger partial charge in [-0.2, -0.15) is 0 Å². The van der Waals surface area contributed by atoms with E-state index in [1.54, 1.807) is 11.3 Å². The molecule has 0 unspecified atom stereocenters. The summed E-state index contributed by atoms with van der Waals surface area (Å²) >= 11 is 1.73. The monoisotopic (exact) mass is 274 g/mol. The van der Waals surface area contributed by atoms with E-state index in [1.165, 1.54) is 16.0 Å². The first-order chi connectivity index (χ1) is 9.15. The van der Waals surface area contributed by atoms with Crippen molar-refractivity contribution in [3.05, 3.63) is 51.0 Å². The molecule has 1 aliphatic rings. The summed E-state index contributed by atoms with van der Waals surface area (Å²) < 4.78 is 0. The van der Waals surface area contributed by atoms with Gasteiger partial charge in [-0.25, -0.2) is 4.98 Å². The van der Waals surface area contributed by atoms with Gasteiger partial charge in [0.15, 0.2) is 0 Å². The Morgan fingerprint density at radius 2 is 2.16 bits per heavy atom. The molecule has 0 bridgehead atoms. The van der Waals surface area contributed by atoms with Crippen LogP contribution in [-0.2, 0) is 13.0 Å². The van der Waals surface area contributed by atoms with Crippen LogP contribution in [-0.4, -0.2) is 16.2 Å². The fourth-order valence-corrected chi connectivity index (χ4v) is 3.65. The second-order valence-corrected chi connectivity index (χ2v) is 6.36. The molecule has 0 spiro atoms. The van der Waals surface area contributed by atoms with E-state index in [4.69, 9.17) is 0 Å². The number of thiazole rings is 1. The van der Waals surface area contributed by atoms with Crippen molar-refractivity contribution in [2.75, 3.05) is 0 Å². The normalized spacial score (nSPS) is 21.6. The van der Waals surface area contributed by atoms with Crippen LogP contribution < -0.4 is 5.32 Å². The van der Waals surface area contributed by atoms with Crippen LogP contribution in [0.4, 0.5) is 0 Å². The summed E-state index contributed by atoms with van der Waals surface area (Å²) in [5, 5.41) is 14.8. The summed E-state index contributed by atoms with van der Waals surface area (Å²) in [5.74, 6) is 0. The second-order valence-electron chi connectivity index (χ2n) is 5.07. The molecule has 2 N–H and O–H groups in total. The van der Waals surface area contributed by atoms with E-state index in [0.717, 1.165) is 23.7 Å². The highest BCUT2D eigenvalue weighted by Gasteiger charge is 2.30. The van der Waals surface area contributed by atoms with Gasteiger partial charge in [-0.05, 0) is 25.0 Å². The number of aliphatic hydroxyl groups is 1. The number of aryl methyl sites for hydroxylation is 2. The third kappa shape index (κ3) is 2.43. The lowest BCUT2D eigenvalue weighted by Gasteiger charge is -2.17. The van der Waals surface area contributed by atoms with Crippen LogP contribution in [0, 0.1) is 13.8 Å². The van der Waals surface area contributed by atoms with E-state index >= 15 is 0 Å². The van der Waals surface area contributed by atoms with Gasteiger partial charge in [0.25, 0.3) is 0 Å². The van der Waals surface area contributed by atoms with E-state index in [2.05, 4.69) is 22.4 Å². The lowest BCUT2D eigenvalue weighted by molar-refractivity contribution is 0.141. The molecule has 0 aliphatic heterocycles. The molecular weight excluding hydrogens is 256 g/mol. The molecule has 19 heavy (non-hydrogen) atoms. The van der Waals surface area contributed by atoms with Crippen molar-refractivity contribution in [2.24, 2.45) is 0 Å². The van der Waals surface area contributed by atoms with Crippen molar-refractivity contribution in [1.82, 2.24) is 10.3 Å². The van der Waals surface area contributed by atoms with Gasteiger partial charge in [-0.3, -0.25) is 0 Å². The molecule has 2 atom stereocenters. The van der Waals surface area contributed by atoms with Crippen LogP contribution >= 0.6 is 11.3 Å². The minimum Gasteiger partial charge on any atom is -0.391 e. The van der Waals surface area contributed by atoms with Gasteiger partial charge in [0, 0.05) is 17.8 Å². The molecule has 4 heteroatoms. The Labute approximate surface area is 117 Å². The summed E-state index contributed by atoms with van der Waals surface area (Å²) in [7, 11) is 0. The Morgan fingerprint density at radius 3 is 2.89 bits per heavy atom. The largest absolute Gasteiger partial charge is 0.391 e. The number of rotatable bonds is 3. The lowest BCUT2D eigenvalue weighted by Crippen LogP contribution is -2.28. The summed E-state index contributed by atoms with van der Waals surface area (Å²) in [5.41, 5.74) is 3.58. The summed E-state index contributed by atoms with van der Waals surface area (Å²) in [6, 6.07) is 8.31. The molecule has 100 valence electrons. The number of benzene rings is 1. The van der Waals surface area contributed by atoms with Crippen LogP contribution in [0.1, 0.15) is 32.7 Å². The number of nitrogens with zero attached hydrogens (tertiary/aromatic N) is 1. The molecule has 0 amide bonds. The molecular formula is C15H18N2OS. The third-order valence-electron chi connectivity index (χ3n) is 3.69. The highest BCUT2D eigenvalue weighted by Crippen LogP contribution is 2.31. The van der Waals surface area contributed by atoms with Crippen LogP contribution in [0.3, 0.4) is 0 Å². The third-order valence-corrected chi connectivity index (χ3v) is 4.76. The zero-order valence-electron chi connectivity index (χ0n) is 11.2. The first-order valence-electron chi connectivity index (χ1n) is 6.57. The number of nitrogens with one attached hydrogen (secondary N) is 1. The minimum absolute atomic E-state index is 0.0398. The van der Waals surface area contributed by atoms with Crippen molar-refractivity contribution in [1.29, 1.82) is 0 Å². The Bertz CT molecular complexity index is 594. The lowest BCUT2D eigenvalue weighted by atomic mass is 10.1. The molecule has 1 aliphatic carbocycles. The zero-order chi connectivity index (χ0) is 13.4. The Balaban J connectivity index is 1.75. The number of aliphatic hydroxyl groups excluding tert-OH is 1.